The van der Waals surface area contributed by atoms with Crippen molar-refractivity contribution in [3.63, 3.8) is 0 Å². The van der Waals surface area contributed by atoms with Crippen molar-refractivity contribution < 1.29 is 17.9 Å². The number of esters is 1. The average molecular weight is 333 g/mol. The summed E-state index contributed by atoms with van der Waals surface area (Å²) in [7, 11) is -3.72. The Kier molecular flexibility index (Phi) is 5.05. The highest BCUT2D eigenvalue weighted by Gasteiger charge is 2.17. The van der Waals surface area contributed by atoms with Gasteiger partial charge in [0.1, 0.15) is 0 Å². The molecule has 0 amide bonds. The second-order valence-corrected chi connectivity index (χ2v) is 6.83. The van der Waals surface area contributed by atoms with E-state index in [1.165, 1.54) is 6.07 Å². The van der Waals surface area contributed by atoms with Crippen LogP contribution >= 0.6 is 0 Å². The molecule has 23 heavy (non-hydrogen) atoms. The Morgan fingerprint density at radius 3 is 2.52 bits per heavy atom. The van der Waals surface area contributed by atoms with Gasteiger partial charge in [0.2, 0.25) is 0 Å². The van der Waals surface area contributed by atoms with Gasteiger partial charge in [-0.2, -0.15) is 0 Å². The highest BCUT2D eigenvalue weighted by atomic mass is 32.2. The minimum Gasteiger partial charge on any atom is -0.462 e. The summed E-state index contributed by atoms with van der Waals surface area (Å²) in [6, 6.07) is 11.4. The maximum absolute atomic E-state index is 12.5. The average Bonchev–Trinajstić information content (AvgIpc) is 2.46. The Balaban J connectivity index is 2.30. The summed E-state index contributed by atoms with van der Waals surface area (Å²) in [5.74, 6) is -0.486. The highest BCUT2D eigenvalue weighted by molar-refractivity contribution is 7.92. The minimum atomic E-state index is -3.72. The minimum absolute atomic E-state index is 0.213. The van der Waals surface area contributed by atoms with Gasteiger partial charge >= 0.3 is 5.97 Å². The Hall–Kier alpha value is -2.34. The van der Waals surface area contributed by atoms with Crippen molar-refractivity contribution in [2.75, 3.05) is 11.3 Å². The van der Waals surface area contributed by atoms with Crippen LogP contribution in [0.3, 0.4) is 0 Å². The van der Waals surface area contributed by atoms with Gasteiger partial charge in [0.15, 0.2) is 0 Å². The maximum Gasteiger partial charge on any atom is 0.338 e. The lowest BCUT2D eigenvalue weighted by atomic mass is 10.2. The smallest absolute Gasteiger partial charge is 0.338 e. The quantitative estimate of drug-likeness (QED) is 0.852. The largest absolute Gasteiger partial charge is 0.462 e. The molecule has 0 spiro atoms. The molecule has 0 aliphatic rings. The lowest BCUT2D eigenvalue weighted by Crippen LogP contribution is -2.15. The van der Waals surface area contributed by atoms with Gasteiger partial charge in [-0.25, -0.2) is 13.2 Å². The summed E-state index contributed by atoms with van der Waals surface area (Å²) >= 11 is 0. The summed E-state index contributed by atoms with van der Waals surface area (Å²) in [4.78, 5) is 11.9. The van der Waals surface area contributed by atoms with E-state index in [0.29, 0.717) is 16.8 Å². The maximum atomic E-state index is 12.5. The fourth-order valence-electron chi connectivity index (χ4n) is 2.24. The van der Waals surface area contributed by atoms with Crippen molar-refractivity contribution in [2.45, 2.75) is 25.7 Å². The van der Waals surface area contributed by atoms with Gasteiger partial charge < -0.3 is 4.74 Å². The Bertz CT molecular complexity index is 828. The number of hydrogen-bond donors (Lipinski definition) is 1. The summed E-state index contributed by atoms with van der Waals surface area (Å²) in [5, 5.41) is 0. The molecule has 0 saturated heterocycles. The first-order valence-electron chi connectivity index (χ1n) is 7.21. The molecule has 0 aliphatic heterocycles. The molecule has 0 radical (unpaired) electrons. The zero-order valence-corrected chi connectivity index (χ0v) is 14.1. The Labute approximate surface area is 136 Å². The van der Waals surface area contributed by atoms with Crippen molar-refractivity contribution in [3.8, 4) is 0 Å². The Morgan fingerprint density at radius 2 is 1.87 bits per heavy atom. The van der Waals surface area contributed by atoms with Crippen molar-refractivity contribution in [2.24, 2.45) is 0 Å². The molecular formula is C17H19NO4S. The first kappa shape index (κ1) is 17.0. The van der Waals surface area contributed by atoms with Crippen LogP contribution in [0.25, 0.3) is 0 Å². The topological polar surface area (TPSA) is 72.5 Å². The zero-order chi connectivity index (χ0) is 17.0. The van der Waals surface area contributed by atoms with E-state index in [1.54, 1.807) is 44.2 Å². The van der Waals surface area contributed by atoms with E-state index in [-0.39, 0.29) is 11.5 Å². The van der Waals surface area contributed by atoms with E-state index in [0.717, 1.165) is 5.56 Å². The molecule has 2 aromatic rings. The van der Waals surface area contributed by atoms with Crippen molar-refractivity contribution >= 4 is 21.7 Å². The molecule has 0 saturated carbocycles. The number of nitrogens with one attached hydrogen (secondary N) is 1. The lowest BCUT2D eigenvalue weighted by molar-refractivity contribution is 0.0526. The van der Waals surface area contributed by atoms with E-state index < -0.39 is 16.0 Å². The highest BCUT2D eigenvalue weighted by Crippen LogP contribution is 2.21. The van der Waals surface area contributed by atoms with Crippen LogP contribution in [0.1, 0.15) is 28.4 Å². The van der Waals surface area contributed by atoms with Crippen LogP contribution < -0.4 is 4.72 Å². The van der Waals surface area contributed by atoms with Gasteiger partial charge in [-0.15, -0.1) is 0 Å². The van der Waals surface area contributed by atoms with Crippen LogP contribution in [0, 0.1) is 13.8 Å². The summed E-state index contributed by atoms with van der Waals surface area (Å²) in [5.41, 5.74) is 2.27. The standard InChI is InChI=1S/C17H19NO4S/c1-4-22-17(19)14-6-5-7-15(11-14)18-23(20,21)16-9-8-12(2)10-13(16)3/h5-11,18H,4H2,1-3H3. The molecule has 0 fully saturated rings. The molecule has 0 heterocycles. The molecule has 1 N–H and O–H groups in total. The molecule has 0 unspecified atom stereocenters. The second-order valence-electron chi connectivity index (χ2n) is 5.18. The van der Waals surface area contributed by atoms with Gasteiger partial charge in [-0.3, -0.25) is 4.72 Å². The predicted octanol–water partition coefficient (Wildman–Crippen LogP) is 3.28. The molecule has 122 valence electrons. The number of ether oxygens (including phenoxy) is 1. The number of sulfonamides is 1. The monoisotopic (exact) mass is 333 g/mol. The molecule has 0 aliphatic carbocycles. The van der Waals surface area contributed by atoms with E-state index in [2.05, 4.69) is 4.72 Å². The van der Waals surface area contributed by atoms with Gasteiger partial charge in [-0.05, 0) is 50.6 Å². The third-order valence-electron chi connectivity index (χ3n) is 3.25. The van der Waals surface area contributed by atoms with Gasteiger partial charge in [-0.1, -0.05) is 23.8 Å². The second kappa shape index (κ2) is 6.83. The third kappa shape index (κ3) is 4.10. The fraction of sp³-hybridized carbons (Fsp3) is 0.235. The third-order valence-corrected chi connectivity index (χ3v) is 4.79. The van der Waals surface area contributed by atoms with Crippen LogP contribution in [0.15, 0.2) is 47.4 Å². The van der Waals surface area contributed by atoms with E-state index >= 15 is 0 Å². The number of carbonyl (C=O) groups excluding carboxylic acids is 1. The van der Waals surface area contributed by atoms with Gasteiger partial charge in [0, 0.05) is 5.69 Å². The molecule has 2 aromatic carbocycles. The normalized spacial score (nSPS) is 11.1. The van der Waals surface area contributed by atoms with E-state index in [9.17, 15) is 13.2 Å². The van der Waals surface area contributed by atoms with Crippen molar-refractivity contribution in [3.05, 3.63) is 59.2 Å². The van der Waals surface area contributed by atoms with Crippen LogP contribution in [0.2, 0.25) is 0 Å². The van der Waals surface area contributed by atoms with Crippen LogP contribution in [-0.4, -0.2) is 21.0 Å². The first-order chi connectivity index (χ1) is 10.8. The fourth-order valence-corrected chi connectivity index (χ4v) is 3.51. The molecule has 5 nitrogen and oxygen atoms in total. The number of aryl methyl sites for hydroxylation is 2. The van der Waals surface area contributed by atoms with E-state index in [4.69, 9.17) is 4.74 Å². The SMILES string of the molecule is CCOC(=O)c1cccc(NS(=O)(=O)c2ccc(C)cc2C)c1. The first-order valence-corrected chi connectivity index (χ1v) is 8.69. The molecule has 0 atom stereocenters. The molecule has 6 heteroatoms. The molecule has 2 rings (SSSR count). The van der Waals surface area contributed by atoms with Crippen LogP contribution in [0.4, 0.5) is 5.69 Å². The number of rotatable bonds is 5. The van der Waals surface area contributed by atoms with Crippen LogP contribution in [0.5, 0.6) is 0 Å². The number of anilines is 1. The summed E-state index contributed by atoms with van der Waals surface area (Å²) in [6.45, 7) is 5.62. The molecule has 0 bridgehead atoms. The van der Waals surface area contributed by atoms with Crippen molar-refractivity contribution in [1.82, 2.24) is 0 Å². The number of carbonyl (C=O) groups is 1. The zero-order valence-electron chi connectivity index (χ0n) is 13.3. The van der Waals surface area contributed by atoms with Gasteiger partial charge in [0.25, 0.3) is 10.0 Å². The van der Waals surface area contributed by atoms with Crippen LogP contribution in [-0.2, 0) is 14.8 Å². The number of hydrogen-bond acceptors (Lipinski definition) is 4. The Morgan fingerprint density at radius 1 is 1.13 bits per heavy atom. The predicted molar refractivity (Wildman–Crippen MR) is 89.1 cm³/mol. The summed E-state index contributed by atoms with van der Waals surface area (Å²) < 4.78 is 32.4. The van der Waals surface area contributed by atoms with Gasteiger partial charge in [0.05, 0.1) is 17.1 Å². The molecule has 0 aromatic heterocycles. The number of benzene rings is 2. The van der Waals surface area contributed by atoms with E-state index in [1.807, 2.05) is 13.0 Å². The van der Waals surface area contributed by atoms with Crippen molar-refractivity contribution in [1.29, 1.82) is 0 Å². The summed E-state index contributed by atoms with van der Waals surface area (Å²) in [6.07, 6.45) is 0. The molecular weight excluding hydrogens is 314 g/mol. The lowest BCUT2D eigenvalue weighted by Gasteiger charge is -2.11.